The maximum absolute atomic E-state index is 13.7. The monoisotopic (exact) mass is 778 g/mol. The highest BCUT2D eigenvalue weighted by molar-refractivity contribution is 7.28. The van der Waals surface area contributed by atoms with Gasteiger partial charge in [-0.05, 0) is 95.7 Å². The molecule has 0 radical (unpaired) electrons. The lowest BCUT2D eigenvalue weighted by Gasteiger charge is -2.15. The molecule has 0 atom stereocenters. The smallest absolute Gasteiger partial charge is 0.166 e. The molecule has 0 aliphatic carbocycles. The molecule has 0 aliphatic rings. The predicted molar refractivity (Wildman–Crippen MR) is 175 cm³/mol. The molecular formula is C34H14F12S4. The lowest BCUT2D eigenvalue weighted by Crippen LogP contribution is -2.10. The molecule has 7 rings (SSSR count). The van der Waals surface area contributed by atoms with E-state index in [-0.39, 0.29) is 9.75 Å². The summed E-state index contributed by atoms with van der Waals surface area (Å²) in [6.45, 7) is 0. The first-order chi connectivity index (χ1) is 23.3. The van der Waals surface area contributed by atoms with E-state index in [2.05, 4.69) is 0 Å². The molecular weight excluding hydrogens is 765 g/mol. The van der Waals surface area contributed by atoms with Crippen molar-refractivity contribution in [2.75, 3.05) is 0 Å². The van der Waals surface area contributed by atoms with E-state index in [1.807, 2.05) is 12.1 Å². The summed E-state index contributed by atoms with van der Waals surface area (Å²) in [5.41, 5.74) is -5.90. The van der Waals surface area contributed by atoms with Crippen LogP contribution in [0.5, 0.6) is 0 Å². The molecule has 4 aromatic heterocycles. The Labute approximate surface area is 289 Å². The molecule has 0 saturated carbocycles. The Hall–Kier alpha value is -3.86. The van der Waals surface area contributed by atoms with Gasteiger partial charge in [-0.2, -0.15) is 52.7 Å². The van der Waals surface area contributed by atoms with E-state index in [0.29, 0.717) is 55.9 Å². The van der Waals surface area contributed by atoms with Crippen molar-refractivity contribution in [3.05, 3.63) is 107 Å². The summed E-state index contributed by atoms with van der Waals surface area (Å²) in [6.07, 6.45) is -19.4. The molecule has 0 nitrogen and oxygen atoms in total. The summed E-state index contributed by atoms with van der Waals surface area (Å²) < 4.78 is 164. The zero-order valence-electron chi connectivity index (χ0n) is 24.3. The summed E-state index contributed by atoms with van der Waals surface area (Å²) in [5, 5.41) is 1.55. The lowest BCUT2D eigenvalue weighted by molar-refractivity contribution is -0.141. The number of hydrogen-bond acceptors (Lipinski definition) is 4. The molecule has 0 saturated heterocycles. The Balaban J connectivity index is 1.21. The van der Waals surface area contributed by atoms with Crippen molar-refractivity contribution in [1.82, 2.24) is 0 Å². The van der Waals surface area contributed by atoms with Crippen LogP contribution in [-0.4, -0.2) is 0 Å². The summed E-state index contributed by atoms with van der Waals surface area (Å²) in [4.78, 5) is 2.50. The number of rotatable bonds is 4. The van der Waals surface area contributed by atoms with Crippen LogP contribution in [0.2, 0.25) is 0 Å². The van der Waals surface area contributed by atoms with Crippen molar-refractivity contribution in [2.45, 2.75) is 24.7 Å². The Morgan fingerprint density at radius 2 is 0.700 bits per heavy atom. The zero-order chi connectivity index (χ0) is 36.0. The third-order valence-electron chi connectivity index (χ3n) is 7.69. The third kappa shape index (κ3) is 6.53. The Morgan fingerprint density at radius 1 is 0.320 bits per heavy atom. The van der Waals surface area contributed by atoms with Crippen LogP contribution in [-0.2, 0) is 24.7 Å². The van der Waals surface area contributed by atoms with Gasteiger partial charge in [-0.25, -0.2) is 0 Å². The number of hydrogen-bond donors (Lipinski definition) is 0. The Morgan fingerprint density at radius 3 is 1.06 bits per heavy atom. The van der Waals surface area contributed by atoms with E-state index < -0.39 is 58.1 Å². The molecule has 0 N–H and O–H groups in total. The van der Waals surface area contributed by atoms with Crippen molar-refractivity contribution in [3.8, 4) is 40.4 Å². The zero-order valence-corrected chi connectivity index (χ0v) is 27.5. The Kier molecular flexibility index (Phi) is 8.20. The fourth-order valence-electron chi connectivity index (χ4n) is 5.39. The number of thiophene rings is 4. The molecule has 7 aromatic rings. The average Bonchev–Trinajstić information content (AvgIpc) is 3.82. The molecule has 258 valence electrons. The van der Waals surface area contributed by atoms with Gasteiger partial charge in [-0.1, -0.05) is 0 Å². The molecule has 0 aliphatic heterocycles. The van der Waals surface area contributed by atoms with Crippen molar-refractivity contribution >= 4 is 65.5 Å². The van der Waals surface area contributed by atoms with Crippen molar-refractivity contribution in [2.24, 2.45) is 0 Å². The van der Waals surface area contributed by atoms with Crippen LogP contribution in [0.15, 0.2) is 84.9 Å². The highest BCUT2D eigenvalue weighted by Gasteiger charge is 2.39. The molecule has 16 heteroatoms. The number of fused-ring (bicyclic) bond motifs is 2. The average molecular weight is 779 g/mol. The SMILES string of the molecule is FC(F)(F)c1ccc(C(F)(F)F)c(-c2ccc(-c3cc4cc5cc(-c6ccc(-c7cc(C(F)(F)F)ccc7C(F)(F)F)s6)sc5cc4s3)s2)c1. The van der Waals surface area contributed by atoms with Gasteiger partial charge in [-0.3, -0.25) is 0 Å². The minimum atomic E-state index is -4.87. The second-order valence-corrected chi connectivity index (χ2v) is 15.3. The number of halogens is 12. The molecule has 4 heterocycles. The second kappa shape index (κ2) is 11.9. The minimum absolute atomic E-state index is 0.0179. The van der Waals surface area contributed by atoms with Crippen LogP contribution in [0.4, 0.5) is 52.7 Å². The van der Waals surface area contributed by atoms with E-state index in [0.717, 1.165) is 42.8 Å². The van der Waals surface area contributed by atoms with Gasteiger partial charge < -0.3 is 0 Å². The Bertz CT molecular complexity index is 2180. The molecule has 0 unspecified atom stereocenters. The van der Waals surface area contributed by atoms with Gasteiger partial charge in [0, 0.05) is 49.8 Å². The van der Waals surface area contributed by atoms with E-state index in [1.165, 1.54) is 34.8 Å². The molecule has 0 spiro atoms. The number of alkyl halides is 12. The quantitative estimate of drug-likeness (QED) is 0.156. The highest BCUT2D eigenvalue weighted by atomic mass is 32.1. The molecule has 0 fully saturated rings. The van der Waals surface area contributed by atoms with Gasteiger partial charge in [0.25, 0.3) is 0 Å². The largest absolute Gasteiger partial charge is 0.417 e. The maximum atomic E-state index is 13.7. The summed E-state index contributed by atoms with van der Waals surface area (Å²) in [6, 6.07) is 15.8. The van der Waals surface area contributed by atoms with E-state index in [4.69, 9.17) is 0 Å². The van der Waals surface area contributed by atoms with E-state index >= 15 is 0 Å². The van der Waals surface area contributed by atoms with Gasteiger partial charge in [-0.15, -0.1) is 45.3 Å². The lowest BCUT2D eigenvalue weighted by atomic mass is 10.0. The van der Waals surface area contributed by atoms with E-state index in [9.17, 15) is 52.7 Å². The van der Waals surface area contributed by atoms with Crippen LogP contribution in [0.3, 0.4) is 0 Å². The molecule has 50 heavy (non-hydrogen) atoms. The van der Waals surface area contributed by atoms with Crippen molar-refractivity contribution in [3.63, 3.8) is 0 Å². The van der Waals surface area contributed by atoms with Gasteiger partial charge in [0.1, 0.15) is 0 Å². The molecule has 0 amide bonds. The fourth-order valence-corrected chi connectivity index (χ4v) is 9.87. The summed E-state index contributed by atoms with van der Waals surface area (Å²) >= 11 is 4.51. The van der Waals surface area contributed by atoms with Crippen LogP contribution in [0.1, 0.15) is 22.3 Å². The second-order valence-electron chi connectivity index (χ2n) is 11.0. The predicted octanol–water partition coefficient (Wildman–Crippen LogP) is 15.0. The maximum Gasteiger partial charge on any atom is 0.417 e. The first kappa shape index (κ1) is 34.6. The van der Waals surface area contributed by atoms with Crippen molar-refractivity contribution in [1.29, 1.82) is 0 Å². The first-order valence-corrected chi connectivity index (χ1v) is 17.3. The number of benzene rings is 3. The molecule has 0 bridgehead atoms. The van der Waals surface area contributed by atoms with Crippen molar-refractivity contribution < 1.29 is 52.7 Å². The highest BCUT2D eigenvalue weighted by Crippen LogP contribution is 2.48. The van der Waals surface area contributed by atoms with Crippen LogP contribution in [0.25, 0.3) is 60.6 Å². The normalized spacial score (nSPS) is 13.2. The van der Waals surface area contributed by atoms with E-state index in [1.54, 1.807) is 24.3 Å². The third-order valence-corrected chi connectivity index (χ3v) is 12.5. The van der Waals surface area contributed by atoms with Gasteiger partial charge in [0.15, 0.2) is 0 Å². The van der Waals surface area contributed by atoms with Gasteiger partial charge in [0.2, 0.25) is 0 Å². The minimum Gasteiger partial charge on any atom is -0.166 e. The van der Waals surface area contributed by atoms with Crippen LogP contribution in [0, 0.1) is 0 Å². The fraction of sp³-hybridized carbons (Fsp3) is 0.118. The summed E-state index contributed by atoms with van der Waals surface area (Å²) in [5.74, 6) is 0. The van der Waals surface area contributed by atoms with Gasteiger partial charge in [0.05, 0.1) is 22.3 Å². The van der Waals surface area contributed by atoms with Gasteiger partial charge >= 0.3 is 24.7 Å². The summed E-state index contributed by atoms with van der Waals surface area (Å²) in [7, 11) is 0. The molecule has 3 aromatic carbocycles. The topological polar surface area (TPSA) is 0 Å². The first-order valence-electron chi connectivity index (χ1n) is 14.0. The van der Waals surface area contributed by atoms with Crippen LogP contribution < -0.4 is 0 Å². The standard InChI is InChI=1S/C34H14F12S4/c35-31(36,37)17-1-3-21(33(41,42)43)19(12-17)23-5-7-25(47-23)29-10-15-9-16-11-30(50-28(16)14-27(15)49-29)26-8-6-24(48-26)20-13-18(32(38,39)40)2-4-22(20)34(44,45)46/h1-14H. The van der Waals surface area contributed by atoms with Crippen LogP contribution >= 0.6 is 45.3 Å².